The van der Waals surface area contributed by atoms with Crippen molar-refractivity contribution < 1.29 is 15.0 Å². The molecule has 0 aromatic heterocycles. The Bertz CT molecular complexity index is 895. The molecule has 0 spiro atoms. The largest absolute Gasteiger partial charge is 0.478 e. The van der Waals surface area contributed by atoms with E-state index in [0.29, 0.717) is 12.0 Å². The van der Waals surface area contributed by atoms with Gasteiger partial charge in [0.15, 0.2) is 0 Å². The van der Waals surface area contributed by atoms with Crippen LogP contribution in [-0.2, 0) is 18.3 Å². The van der Waals surface area contributed by atoms with E-state index in [1.165, 1.54) is 16.7 Å². The van der Waals surface area contributed by atoms with Crippen molar-refractivity contribution in [3.8, 4) is 0 Å². The van der Waals surface area contributed by atoms with Crippen LogP contribution in [0.25, 0.3) is 0 Å². The molecule has 0 fully saturated rings. The average molecular weight is 362 g/mol. The number of aliphatic hydroxyl groups is 1. The Morgan fingerprint density at radius 1 is 1.07 bits per heavy atom. The van der Waals surface area contributed by atoms with Gasteiger partial charge in [0.25, 0.3) is 0 Å². The lowest BCUT2D eigenvalue weighted by molar-refractivity contribution is 0.0696. The topological polar surface area (TPSA) is 57.5 Å². The van der Waals surface area contributed by atoms with Gasteiger partial charge in [0, 0.05) is 5.41 Å². The minimum absolute atomic E-state index is 0.160. The molecule has 0 bridgehead atoms. The van der Waals surface area contributed by atoms with Crippen molar-refractivity contribution in [1.29, 1.82) is 0 Å². The van der Waals surface area contributed by atoms with Gasteiger partial charge in [-0.3, -0.25) is 0 Å². The summed E-state index contributed by atoms with van der Waals surface area (Å²) in [6.45, 7) is 1.89. The van der Waals surface area contributed by atoms with E-state index < -0.39 is 11.6 Å². The van der Waals surface area contributed by atoms with Gasteiger partial charge in [-0.05, 0) is 74.3 Å². The summed E-state index contributed by atoms with van der Waals surface area (Å²) in [7, 11) is 0. The molecule has 0 radical (unpaired) electrons. The quantitative estimate of drug-likeness (QED) is 0.780. The highest BCUT2D eigenvalue weighted by Gasteiger charge is 2.44. The second kappa shape index (κ2) is 6.65. The van der Waals surface area contributed by atoms with Crippen molar-refractivity contribution in [2.75, 3.05) is 0 Å². The Morgan fingerprint density at radius 2 is 1.85 bits per heavy atom. The number of carboxylic acid groups (broad SMARTS) is 1. The third-order valence-corrected chi connectivity index (χ3v) is 6.27. The Balaban J connectivity index is 1.90. The first-order valence-corrected chi connectivity index (χ1v) is 9.75. The lowest BCUT2D eigenvalue weighted by atomic mass is 9.61. The fraction of sp³-hybridized carbons (Fsp3) is 0.375. The van der Waals surface area contributed by atoms with Crippen molar-refractivity contribution in [1.82, 2.24) is 0 Å². The summed E-state index contributed by atoms with van der Waals surface area (Å²) in [6.07, 6.45) is 7.36. The third-order valence-electron chi connectivity index (χ3n) is 6.27. The van der Waals surface area contributed by atoms with Crippen LogP contribution in [0.4, 0.5) is 0 Å². The van der Waals surface area contributed by atoms with E-state index in [-0.39, 0.29) is 5.41 Å². The molecule has 0 saturated carbocycles. The molecule has 2 aliphatic carbocycles. The predicted molar refractivity (Wildman–Crippen MR) is 106 cm³/mol. The molecule has 2 N–H and O–H groups in total. The number of hydrogen-bond donors (Lipinski definition) is 2. The van der Waals surface area contributed by atoms with Crippen LogP contribution in [0.3, 0.4) is 0 Å². The second-order valence-corrected chi connectivity index (χ2v) is 8.30. The van der Waals surface area contributed by atoms with Gasteiger partial charge in [0.1, 0.15) is 0 Å². The number of hydrogen-bond acceptors (Lipinski definition) is 2. The summed E-state index contributed by atoms with van der Waals surface area (Å²) in [4.78, 5) is 11.5. The molecule has 3 heteroatoms. The summed E-state index contributed by atoms with van der Waals surface area (Å²) >= 11 is 0. The van der Waals surface area contributed by atoms with E-state index in [2.05, 4.69) is 30.3 Å². The highest BCUT2D eigenvalue weighted by atomic mass is 16.4. The van der Waals surface area contributed by atoms with Gasteiger partial charge in [0.05, 0.1) is 11.2 Å². The minimum atomic E-state index is -0.874. The molecule has 2 aromatic rings. The molecule has 0 unspecified atom stereocenters. The van der Waals surface area contributed by atoms with Crippen molar-refractivity contribution in [3.05, 3.63) is 82.4 Å². The highest BCUT2D eigenvalue weighted by molar-refractivity contribution is 5.88. The van der Waals surface area contributed by atoms with E-state index >= 15 is 0 Å². The average Bonchev–Trinajstić information content (AvgIpc) is 2.78. The number of benzene rings is 2. The number of fused-ring (bicyclic) bond motifs is 3. The lowest BCUT2D eigenvalue weighted by Gasteiger charge is -2.44. The minimum Gasteiger partial charge on any atom is -0.478 e. The van der Waals surface area contributed by atoms with Crippen molar-refractivity contribution in [2.45, 2.75) is 56.5 Å². The normalized spacial score (nSPS) is 27.1. The Kier molecular flexibility index (Phi) is 4.43. The molecular formula is C24H26O3. The van der Waals surface area contributed by atoms with Crippen LogP contribution < -0.4 is 0 Å². The second-order valence-electron chi connectivity index (χ2n) is 8.30. The number of allylic oxidation sites excluding steroid dienone is 1. The van der Waals surface area contributed by atoms with Crippen molar-refractivity contribution in [2.24, 2.45) is 0 Å². The molecule has 0 amide bonds. The molecule has 140 valence electrons. The summed E-state index contributed by atoms with van der Waals surface area (Å²) in [5.74, 6) is -0.874. The van der Waals surface area contributed by atoms with E-state index in [0.717, 1.165) is 37.7 Å². The molecule has 2 aromatic carbocycles. The summed E-state index contributed by atoms with van der Waals surface area (Å²) in [5, 5.41) is 20.1. The van der Waals surface area contributed by atoms with Crippen LogP contribution in [0.15, 0.2) is 60.2 Å². The predicted octanol–water partition coefficient (Wildman–Crippen LogP) is 4.67. The number of rotatable bonds is 3. The smallest absolute Gasteiger partial charge is 0.335 e. The van der Waals surface area contributed by atoms with Gasteiger partial charge < -0.3 is 10.2 Å². The fourth-order valence-electron chi connectivity index (χ4n) is 4.94. The van der Waals surface area contributed by atoms with Crippen molar-refractivity contribution >= 4 is 5.97 Å². The van der Waals surface area contributed by atoms with E-state index in [4.69, 9.17) is 0 Å². The van der Waals surface area contributed by atoms with Crippen LogP contribution >= 0.6 is 0 Å². The van der Waals surface area contributed by atoms with Crippen LogP contribution in [0.2, 0.25) is 0 Å². The summed E-state index contributed by atoms with van der Waals surface area (Å²) in [5.41, 5.74) is 4.42. The molecule has 0 aliphatic heterocycles. The maximum atomic E-state index is 11.5. The summed E-state index contributed by atoms with van der Waals surface area (Å²) in [6, 6.07) is 16.1. The molecule has 2 aliphatic rings. The third kappa shape index (κ3) is 3.32. The molecule has 4 rings (SSSR count). The number of aromatic carboxylic acids is 1. The molecule has 2 atom stereocenters. The van der Waals surface area contributed by atoms with Crippen LogP contribution in [-0.4, -0.2) is 21.8 Å². The molecule has 27 heavy (non-hydrogen) atoms. The van der Waals surface area contributed by atoms with Gasteiger partial charge in [-0.1, -0.05) is 48.0 Å². The first kappa shape index (κ1) is 18.0. The van der Waals surface area contributed by atoms with Crippen molar-refractivity contribution in [3.63, 3.8) is 0 Å². The van der Waals surface area contributed by atoms with Gasteiger partial charge in [-0.25, -0.2) is 4.79 Å². The molecule has 0 heterocycles. The van der Waals surface area contributed by atoms with Gasteiger partial charge in [-0.2, -0.15) is 0 Å². The van der Waals surface area contributed by atoms with Crippen LogP contribution in [0.1, 0.15) is 59.7 Å². The van der Waals surface area contributed by atoms with E-state index in [1.807, 2.05) is 25.1 Å². The SMILES string of the molecule is C[C@]1(O)C=C2CCCc3cc(C(=O)O)ccc3[C@]2(Cc2ccccc2)CC1. The van der Waals surface area contributed by atoms with Crippen LogP contribution in [0.5, 0.6) is 0 Å². The zero-order valence-electron chi connectivity index (χ0n) is 15.7. The zero-order valence-corrected chi connectivity index (χ0v) is 15.7. The fourth-order valence-corrected chi connectivity index (χ4v) is 4.94. The first-order valence-electron chi connectivity index (χ1n) is 9.75. The van der Waals surface area contributed by atoms with Crippen LogP contribution in [0, 0.1) is 0 Å². The Labute approximate surface area is 160 Å². The molecule has 3 nitrogen and oxygen atoms in total. The molecule has 0 saturated heterocycles. The summed E-state index contributed by atoms with van der Waals surface area (Å²) < 4.78 is 0. The lowest BCUT2D eigenvalue weighted by Crippen LogP contribution is -2.40. The van der Waals surface area contributed by atoms with E-state index in [9.17, 15) is 15.0 Å². The first-order chi connectivity index (χ1) is 12.9. The van der Waals surface area contributed by atoms with Gasteiger partial charge in [-0.15, -0.1) is 0 Å². The Hall–Kier alpha value is -2.39. The maximum absolute atomic E-state index is 11.5. The highest BCUT2D eigenvalue weighted by Crippen LogP contribution is 2.50. The van der Waals surface area contributed by atoms with Gasteiger partial charge in [0.2, 0.25) is 0 Å². The molecular weight excluding hydrogens is 336 g/mol. The standard InChI is InChI=1S/C24H26O3/c1-23(27)12-13-24(15-17-6-3-2-4-7-17)20(16-23)9-5-8-18-14-19(22(25)26)10-11-21(18)24/h2-4,6-7,10-11,14,16,27H,5,8-9,12-13,15H2,1H3,(H,25,26)/t23-,24+/m1/s1. The Morgan fingerprint density at radius 3 is 2.59 bits per heavy atom. The number of aryl methyl sites for hydroxylation is 1. The zero-order chi connectivity index (χ0) is 19.1. The van der Waals surface area contributed by atoms with Gasteiger partial charge >= 0.3 is 5.97 Å². The maximum Gasteiger partial charge on any atom is 0.335 e. The van der Waals surface area contributed by atoms with E-state index in [1.54, 1.807) is 6.07 Å². The number of carboxylic acids is 1. The number of carbonyl (C=O) groups is 1. The monoisotopic (exact) mass is 362 g/mol.